The van der Waals surface area contributed by atoms with E-state index in [0.717, 1.165) is 43.6 Å². The van der Waals surface area contributed by atoms with Crippen LogP contribution in [0.25, 0.3) is 0 Å². The van der Waals surface area contributed by atoms with Crippen LogP contribution in [-0.2, 0) is 9.59 Å². The Kier molecular flexibility index (Phi) is 3.92. The fourth-order valence-electron chi connectivity index (χ4n) is 3.20. The molecule has 1 heterocycles. The first-order valence-corrected chi connectivity index (χ1v) is 7.62. The van der Waals surface area contributed by atoms with Crippen LogP contribution in [0.2, 0.25) is 0 Å². The molecule has 0 spiro atoms. The van der Waals surface area contributed by atoms with Gasteiger partial charge in [-0.15, -0.1) is 0 Å². The molecule has 1 aromatic rings. The van der Waals surface area contributed by atoms with Crippen LogP contribution in [0.4, 0.5) is 11.4 Å². The van der Waals surface area contributed by atoms with E-state index in [0.29, 0.717) is 6.42 Å². The van der Waals surface area contributed by atoms with Gasteiger partial charge >= 0.3 is 0 Å². The van der Waals surface area contributed by atoms with Crippen LogP contribution < -0.4 is 16.0 Å². The summed E-state index contributed by atoms with van der Waals surface area (Å²) < 4.78 is 0. The van der Waals surface area contributed by atoms with Gasteiger partial charge in [0.15, 0.2) is 0 Å². The standard InChI is InChI=1S/C16H21N3O2/c17-14-4-1-3-13(14)16(21)18-11-6-8-12(9-7-11)19-10-2-5-15(19)20/h6-9,13-14H,1-5,10,17H2,(H,18,21). The zero-order valence-corrected chi connectivity index (χ0v) is 12.0. The highest BCUT2D eigenvalue weighted by Gasteiger charge is 2.30. The Morgan fingerprint density at radius 3 is 2.52 bits per heavy atom. The van der Waals surface area contributed by atoms with Crippen molar-refractivity contribution in [3.05, 3.63) is 24.3 Å². The molecular weight excluding hydrogens is 266 g/mol. The zero-order chi connectivity index (χ0) is 14.8. The number of nitrogens with two attached hydrogens (primary N) is 1. The largest absolute Gasteiger partial charge is 0.327 e. The van der Waals surface area contributed by atoms with Crippen LogP contribution >= 0.6 is 0 Å². The molecule has 1 aliphatic carbocycles. The van der Waals surface area contributed by atoms with Crippen molar-refractivity contribution < 1.29 is 9.59 Å². The van der Waals surface area contributed by atoms with E-state index in [-0.39, 0.29) is 23.8 Å². The minimum atomic E-state index is -0.0789. The number of nitrogens with one attached hydrogen (secondary N) is 1. The minimum Gasteiger partial charge on any atom is -0.327 e. The molecule has 1 aromatic carbocycles. The van der Waals surface area contributed by atoms with Gasteiger partial charge in [0.05, 0.1) is 5.92 Å². The maximum atomic E-state index is 12.2. The van der Waals surface area contributed by atoms with Crippen molar-refractivity contribution in [1.82, 2.24) is 0 Å². The average Bonchev–Trinajstić information content (AvgIpc) is 3.08. The molecular formula is C16H21N3O2. The number of benzene rings is 1. The third kappa shape index (κ3) is 2.93. The Balaban J connectivity index is 1.64. The van der Waals surface area contributed by atoms with Crippen LogP contribution in [0.1, 0.15) is 32.1 Å². The fraction of sp³-hybridized carbons (Fsp3) is 0.500. The molecule has 2 amide bonds. The predicted octanol–water partition coefficient (Wildman–Crippen LogP) is 1.88. The van der Waals surface area contributed by atoms with Crippen molar-refractivity contribution >= 4 is 23.2 Å². The normalized spacial score (nSPS) is 25.4. The van der Waals surface area contributed by atoms with Gasteiger partial charge in [-0.1, -0.05) is 6.42 Å². The summed E-state index contributed by atoms with van der Waals surface area (Å²) in [6.07, 6.45) is 4.35. The van der Waals surface area contributed by atoms with Crippen molar-refractivity contribution in [3.8, 4) is 0 Å². The van der Waals surface area contributed by atoms with Gasteiger partial charge in [-0.25, -0.2) is 0 Å². The number of anilines is 2. The lowest BCUT2D eigenvalue weighted by Crippen LogP contribution is -2.34. The first-order valence-electron chi connectivity index (χ1n) is 7.62. The van der Waals surface area contributed by atoms with Gasteiger partial charge < -0.3 is 16.0 Å². The number of carbonyl (C=O) groups is 2. The van der Waals surface area contributed by atoms with E-state index >= 15 is 0 Å². The second-order valence-electron chi connectivity index (χ2n) is 5.89. The van der Waals surface area contributed by atoms with E-state index in [4.69, 9.17) is 5.73 Å². The summed E-state index contributed by atoms with van der Waals surface area (Å²) in [5.74, 6) is 0.0959. The van der Waals surface area contributed by atoms with Gasteiger partial charge in [0.1, 0.15) is 0 Å². The number of amides is 2. The lowest BCUT2D eigenvalue weighted by molar-refractivity contribution is -0.120. The second-order valence-corrected chi connectivity index (χ2v) is 5.89. The Bertz CT molecular complexity index is 541. The fourth-order valence-corrected chi connectivity index (χ4v) is 3.20. The van der Waals surface area contributed by atoms with Crippen LogP contribution in [0.5, 0.6) is 0 Å². The number of hydrogen-bond acceptors (Lipinski definition) is 3. The monoisotopic (exact) mass is 287 g/mol. The zero-order valence-electron chi connectivity index (χ0n) is 12.0. The third-order valence-electron chi connectivity index (χ3n) is 4.43. The van der Waals surface area contributed by atoms with Crippen LogP contribution in [-0.4, -0.2) is 24.4 Å². The summed E-state index contributed by atoms with van der Waals surface area (Å²) in [6, 6.07) is 7.44. The highest BCUT2D eigenvalue weighted by molar-refractivity contribution is 5.96. The molecule has 5 nitrogen and oxygen atoms in total. The Hall–Kier alpha value is -1.88. The lowest BCUT2D eigenvalue weighted by atomic mass is 10.0. The van der Waals surface area contributed by atoms with Gasteiger partial charge in [0, 0.05) is 30.4 Å². The number of carbonyl (C=O) groups excluding carboxylic acids is 2. The molecule has 2 aliphatic rings. The quantitative estimate of drug-likeness (QED) is 0.891. The Labute approximate surface area is 124 Å². The van der Waals surface area contributed by atoms with Crippen LogP contribution in [0, 0.1) is 5.92 Å². The molecule has 2 fully saturated rings. The van der Waals surface area contributed by atoms with Crippen molar-refractivity contribution in [2.24, 2.45) is 11.7 Å². The van der Waals surface area contributed by atoms with E-state index in [2.05, 4.69) is 5.32 Å². The number of nitrogens with zero attached hydrogens (tertiary/aromatic N) is 1. The molecule has 1 saturated carbocycles. The molecule has 2 unspecified atom stereocenters. The van der Waals surface area contributed by atoms with Gasteiger partial charge in [-0.05, 0) is 43.5 Å². The van der Waals surface area contributed by atoms with E-state index in [1.54, 1.807) is 4.90 Å². The van der Waals surface area contributed by atoms with Gasteiger partial charge in [-0.3, -0.25) is 9.59 Å². The average molecular weight is 287 g/mol. The summed E-state index contributed by atoms with van der Waals surface area (Å²) in [6.45, 7) is 0.779. The first-order chi connectivity index (χ1) is 10.1. The number of hydrogen-bond donors (Lipinski definition) is 2. The number of rotatable bonds is 3. The smallest absolute Gasteiger partial charge is 0.229 e. The summed E-state index contributed by atoms with van der Waals surface area (Å²) >= 11 is 0. The molecule has 3 rings (SSSR count). The highest BCUT2D eigenvalue weighted by Crippen LogP contribution is 2.26. The van der Waals surface area contributed by atoms with Gasteiger partial charge in [-0.2, -0.15) is 0 Å². The Morgan fingerprint density at radius 1 is 1.19 bits per heavy atom. The lowest BCUT2D eigenvalue weighted by Gasteiger charge is -2.17. The van der Waals surface area contributed by atoms with Gasteiger partial charge in [0.2, 0.25) is 11.8 Å². The first kappa shape index (κ1) is 14.1. The van der Waals surface area contributed by atoms with Crippen LogP contribution in [0.3, 0.4) is 0 Å². The van der Waals surface area contributed by atoms with Crippen molar-refractivity contribution in [2.45, 2.75) is 38.1 Å². The minimum absolute atomic E-state index is 0.00463. The summed E-state index contributed by atoms with van der Waals surface area (Å²) in [7, 11) is 0. The summed E-state index contributed by atoms with van der Waals surface area (Å²) in [4.78, 5) is 25.6. The Morgan fingerprint density at radius 2 is 1.95 bits per heavy atom. The molecule has 21 heavy (non-hydrogen) atoms. The van der Waals surface area contributed by atoms with Crippen molar-refractivity contribution in [2.75, 3.05) is 16.8 Å². The van der Waals surface area contributed by atoms with Crippen molar-refractivity contribution in [3.63, 3.8) is 0 Å². The molecule has 0 radical (unpaired) electrons. The van der Waals surface area contributed by atoms with E-state index in [1.165, 1.54) is 0 Å². The SMILES string of the molecule is NC1CCCC1C(=O)Nc1ccc(N2CCCC2=O)cc1. The summed E-state index contributed by atoms with van der Waals surface area (Å²) in [5, 5.41) is 2.92. The van der Waals surface area contributed by atoms with Gasteiger partial charge in [0.25, 0.3) is 0 Å². The molecule has 2 atom stereocenters. The molecule has 1 aliphatic heterocycles. The molecule has 0 aromatic heterocycles. The molecule has 3 N–H and O–H groups in total. The molecule has 5 heteroatoms. The van der Waals surface area contributed by atoms with E-state index < -0.39 is 0 Å². The maximum absolute atomic E-state index is 12.2. The van der Waals surface area contributed by atoms with Crippen LogP contribution in [0.15, 0.2) is 24.3 Å². The molecule has 0 bridgehead atoms. The second kappa shape index (κ2) is 5.85. The molecule has 112 valence electrons. The topological polar surface area (TPSA) is 75.4 Å². The highest BCUT2D eigenvalue weighted by atomic mass is 16.2. The summed E-state index contributed by atoms with van der Waals surface area (Å²) in [5.41, 5.74) is 7.61. The van der Waals surface area contributed by atoms with Crippen molar-refractivity contribution in [1.29, 1.82) is 0 Å². The van der Waals surface area contributed by atoms with E-state index in [1.807, 2.05) is 24.3 Å². The maximum Gasteiger partial charge on any atom is 0.229 e. The predicted molar refractivity (Wildman–Crippen MR) is 82.0 cm³/mol. The molecule has 1 saturated heterocycles. The third-order valence-corrected chi connectivity index (χ3v) is 4.43. The van der Waals surface area contributed by atoms with E-state index in [9.17, 15) is 9.59 Å².